The fourth-order valence-electron chi connectivity index (χ4n) is 2.75. The van der Waals surface area contributed by atoms with Crippen LogP contribution in [0.25, 0.3) is 0 Å². The number of likely N-dealkylation sites (N-methyl/N-ethyl adjacent to an activating group) is 3. The van der Waals surface area contributed by atoms with Crippen LogP contribution in [0.2, 0.25) is 0 Å². The van der Waals surface area contributed by atoms with E-state index in [1.165, 1.54) is 0 Å². The van der Waals surface area contributed by atoms with Crippen molar-refractivity contribution in [1.29, 1.82) is 5.41 Å². The molecule has 5 heteroatoms. The van der Waals surface area contributed by atoms with E-state index in [1.807, 2.05) is 0 Å². The summed E-state index contributed by atoms with van der Waals surface area (Å²) in [5, 5.41) is 8.30. The Hall–Kier alpha value is -0.650. The lowest BCUT2D eigenvalue weighted by atomic mass is 10.1. The van der Waals surface area contributed by atoms with Crippen LogP contribution in [-0.4, -0.2) is 98.4 Å². The van der Waals surface area contributed by atoms with Gasteiger partial charge in [0.05, 0.1) is 5.84 Å². The Bertz CT molecular complexity index is 285. The molecule has 2 aliphatic rings. The molecule has 0 bridgehead atoms. The highest BCUT2D eigenvalue weighted by molar-refractivity contribution is 5.79. The SMILES string of the molecule is CN1CCN(C(=N)CC2CN(C)CCN2C)CC1. The molecule has 1 N–H and O–H groups in total. The van der Waals surface area contributed by atoms with Crippen molar-refractivity contribution in [1.82, 2.24) is 19.6 Å². The minimum atomic E-state index is 0.510. The number of nitrogens with zero attached hydrogens (tertiary/aromatic N) is 4. The van der Waals surface area contributed by atoms with E-state index < -0.39 is 0 Å². The minimum absolute atomic E-state index is 0.510. The van der Waals surface area contributed by atoms with Crippen LogP contribution in [0.15, 0.2) is 0 Å². The van der Waals surface area contributed by atoms with Crippen molar-refractivity contribution < 1.29 is 0 Å². The molecule has 0 saturated carbocycles. The smallest absolute Gasteiger partial charge is 0.0974 e. The first-order valence-corrected chi connectivity index (χ1v) is 6.96. The first kappa shape index (κ1) is 13.8. The van der Waals surface area contributed by atoms with Crippen molar-refractivity contribution >= 4 is 5.84 Å². The lowest BCUT2D eigenvalue weighted by molar-refractivity contribution is 0.115. The van der Waals surface area contributed by atoms with Gasteiger partial charge in [0.15, 0.2) is 0 Å². The summed E-state index contributed by atoms with van der Waals surface area (Å²) in [5.74, 6) is 0.829. The van der Waals surface area contributed by atoms with Crippen LogP contribution in [0, 0.1) is 5.41 Å². The van der Waals surface area contributed by atoms with Gasteiger partial charge in [-0.05, 0) is 21.1 Å². The number of amidine groups is 1. The number of rotatable bonds is 2. The average molecular weight is 253 g/mol. The molecule has 2 heterocycles. The average Bonchev–Trinajstić information content (AvgIpc) is 2.34. The minimum Gasteiger partial charge on any atom is -0.358 e. The lowest BCUT2D eigenvalue weighted by Gasteiger charge is -2.40. The van der Waals surface area contributed by atoms with Gasteiger partial charge in [0, 0.05) is 58.3 Å². The third-order valence-electron chi connectivity index (χ3n) is 4.29. The van der Waals surface area contributed by atoms with Crippen LogP contribution in [0.5, 0.6) is 0 Å². The van der Waals surface area contributed by atoms with Crippen molar-refractivity contribution in [3.8, 4) is 0 Å². The molecule has 0 radical (unpaired) electrons. The fraction of sp³-hybridized carbons (Fsp3) is 0.923. The molecule has 2 saturated heterocycles. The molecular weight excluding hydrogens is 226 g/mol. The summed E-state index contributed by atoms with van der Waals surface area (Å²) in [6.45, 7) is 7.56. The van der Waals surface area contributed by atoms with Crippen molar-refractivity contribution in [3.63, 3.8) is 0 Å². The molecular formula is C13H27N5. The first-order valence-electron chi connectivity index (χ1n) is 6.96. The van der Waals surface area contributed by atoms with Crippen LogP contribution in [0.3, 0.4) is 0 Å². The fourth-order valence-corrected chi connectivity index (χ4v) is 2.75. The van der Waals surface area contributed by atoms with Gasteiger partial charge in [0.25, 0.3) is 0 Å². The molecule has 104 valence electrons. The normalized spacial score (nSPS) is 28.6. The zero-order chi connectivity index (χ0) is 13.1. The third kappa shape index (κ3) is 3.43. The van der Waals surface area contributed by atoms with Gasteiger partial charge in [-0.2, -0.15) is 0 Å². The summed E-state index contributed by atoms with van der Waals surface area (Å²) >= 11 is 0. The molecule has 18 heavy (non-hydrogen) atoms. The summed E-state index contributed by atoms with van der Waals surface area (Å²) < 4.78 is 0. The molecule has 0 aromatic heterocycles. The van der Waals surface area contributed by atoms with Gasteiger partial charge in [0.1, 0.15) is 0 Å². The quantitative estimate of drug-likeness (QED) is 0.548. The molecule has 0 aromatic carbocycles. The maximum absolute atomic E-state index is 8.30. The summed E-state index contributed by atoms with van der Waals surface area (Å²) in [4.78, 5) is 9.37. The van der Waals surface area contributed by atoms with E-state index in [1.54, 1.807) is 0 Å². The van der Waals surface area contributed by atoms with E-state index in [0.717, 1.165) is 58.1 Å². The number of piperazine rings is 2. The Kier molecular flexibility index (Phi) is 4.59. The summed E-state index contributed by atoms with van der Waals surface area (Å²) in [5.41, 5.74) is 0. The van der Waals surface area contributed by atoms with E-state index in [4.69, 9.17) is 5.41 Å². The lowest BCUT2D eigenvalue weighted by Crippen LogP contribution is -2.53. The highest BCUT2D eigenvalue weighted by Crippen LogP contribution is 2.12. The molecule has 2 aliphatic heterocycles. The summed E-state index contributed by atoms with van der Waals surface area (Å²) in [6.07, 6.45) is 0.893. The number of hydrogen-bond acceptors (Lipinski definition) is 4. The zero-order valence-electron chi connectivity index (χ0n) is 12.0. The van der Waals surface area contributed by atoms with Gasteiger partial charge in [-0.25, -0.2) is 0 Å². The van der Waals surface area contributed by atoms with Gasteiger partial charge in [-0.1, -0.05) is 0 Å². The third-order valence-corrected chi connectivity index (χ3v) is 4.29. The highest BCUT2D eigenvalue weighted by atomic mass is 15.3. The van der Waals surface area contributed by atoms with Crippen LogP contribution in [-0.2, 0) is 0 Å². The van der Waals surface area contributed by atoms with Crippen molar-refractivity contribution in [3.05, 3.63) is 0 Å². The van der Waals surface area contributed by atoms with E-state index >= 15 is 0 Å². The molecule has 5 nitrogen and oxygen atoms in total. The molecule has 2 fully saturated rings. The van der Waals surface area contributed by atoms with Crippen molar-refractivity contribution in [2.24, 2.45) is 0 Å². The molecule has 0 amide bonds. The molecule has 1 atom stereocenters. The second-order valence-electron chi connectivity index (χ2n) is 5.84. The van der Waals surface area contributed by atoms with Crippen molar-refractivity contribution in [2.45, 2.75) is 12.5 Å². The van der Waals surface area contributed by atoms with E-state index in [0.29, 0.717) is 6.04 Å². The van der Waals surface area contributed by atoms with Crippen LogP contribution in [0.4, 0.5) is 0 Å². The van der Waals surface area contributed by atoms with Gasteiger partial charge in [-0.3, -0.25) is 5.41 Å². The Balaban J connectivity index is 1.82. The predicted octanol–water partition coefficient (Wildman–Crippen LogP) is -0.153. The van der Waals surface area contributed by atoms with Crippen LogP contribution < -0.4 is 0 Å². The Morgan fingerprint density at radius 2 is 1.56 bits per heavy atom. The standard InChI is InChI=1S/C13H27N5/c1-15-5-8-18(9-6-15)13(14)10-12-11-16(2)4-7-17(12)3/h12,14H,4-11H2,1-3H3. The maximum atomic E-state index is 8.30. The topological polar surface area (TPSA) is 36.8 Å². The molecule has 1 unspecified atom stereocenters. The Labute approximate surface area is 111 Å². The number of nitrogens with one attached hydrogen (secondary N) is 1. The van der Waals surface area contributed by atoms with Gasteiger partial charge >= 0.3 is 0 Å². The maximum Gasteiger partial charge on any atom is 0.0974 e. The summed E-state index contributed by atoms with van der Waals surface area (Å²) in [6, 6.07) is 0.510. The summed E-state index contributed by atoms with van der Waals surface area (Å²) in [7, 11) is 6.53. The largest absolute Gasteiger partial charge is 0.358 e. The van der Waals surface area contributed by atoms with E-state index in [2.05, 4.69) is 40.7 Å². The molecule has 2 rings (SSSR count). The second kappa shape index (κ2) is 5.99. The first-order chi connectivity index (χ1) is 8.56. The monoisotopic (exact) mass is 253 g/mol. The Morgan fingerprint density at radius 3 is 2.22 bits per heavy atom. The highest BCUT2D eigenvalue weighted by Gasteiger charge is 2.25. The second-order valence-corrected chi connectivity index (χ2v) is 5.84. The van der Waals surface area contributed by atoms with Gasteiger partial charge in [0.2, 0.25) is 0 Å². The molecule has 0 aliphatic carbocycles. The van der Waals surface area contributed by atoms with Gasteiger partial charge in [-0.15, -0.1) is 0 Å². The zero-order valence-corrected chi connectivity index (χ0v) is 12.0. The Morgan fingerprint density at radius 1 is 0.944 bits per heavy atom. The van der Waals surface area contributed by atoms with E-state index in [9.17, 15) is 0 Å². The van der Waals surface area contributed by atoms with Crippen molar-refractivity contribution in [2.75, 3.05) is 67.0 Å². The predicted molar refractivity (Wildman–Crippen MR) is 75.3 cm³/mol. The molecule has 0 spiro atoms. The van der Waals surface area contributed by atoms with Gasteiger partial charge < -0.3 is 19.6 Å². The molecule has 0 aromatic rings. The number of hydrogen-bond donors (Lipinski definition) is 1. The van der Waals surface area contributed by atoms with E-state index in [-0.39, 0.29) is 0 Å². The van der Waals surface area contributed by atoms with Crippen LogP contribution in [0.1, 0.15) is 6.42 Å². The van der Waals surface area contributed by atoms with Crippen LogP contribution >= 0.6 is 0 Å².